The van der Waals surface area contributed by atoms with Gasteiger partial charge >= 0.3 is 0 Å². The first kappa shape index (κ1) is 22.6. The summed E-state index contributed by atoms with van der Waals surface area (Å²) in [6.07, 6.45) is 0.899. The van der Waals surface area contributed by atoms with Gasteiger partial charge in [-0.15, -0.1) is 23.1 Å². The highest BCUT2D eigenvalue weighted by Gasteiger charge is 2.34. The van der Waals surface area contributed by atoms with Crippen LogP contribution in [-0.4, -0.2) is 9.97 Å². The van der Waals surface area contributed by atoms with E-state index in [1.807, 2.05) is 17.8 Å². The van der Waals surface area contributed by atoms with Crippen molar-refractivity contribution < 1.29 is 4.39 Å². The first-order valence-corrected chi connectivity index (χ1v) is 14.1. The lowest BCUT2D eigenvalue weighted by Gasteiger charge is -2.30. The van der Waals surface area contributed by atoms with Crippen molar-refractivity contribution in [3.63, 3.8) is 0 Å². The summed E-state index contributed by atoms with van der Waals surface area (Å²) < 4.78 is 13.6. The van der Waals surface area contributed by atoms with Crippen LogP contribution in [0, 0.1) is 5.82 Å². The molecule has 0 aliphatic carbocycles. The molecular weight excluding hydrogens is 494 g/mol. The third-order valence-corrected chi connectivity index (χ3v) is 9.95. The number of halogens is 1. The summed E-state index contributed by atoms with van der Waals surface area (Å²) in [5.41, 5.74) is 11.3. The summed E-state index contributed by atoms with van der Waals surface area (Å²) in [6.45, 7) is 0. The van der Waals surface area contributed by atoms with Crippen molar-refractivity contribution in [3.05, 3.63) is 118 Å². The van der Waals surface area contributed by atoms with E-state index >= 15 is 0 Å². The highest BCUT2D eigenvalue weighted by molar-refractivity contribution is 8.00. The molecular formula is C28H22FN3S3. The Kier molecular flexibility index (Phi) is 6.22. The fourth-order valence-corrected chi connectivity index (χ4v) is 8.39. The number of thiophene rings is 1. The molecule has 0 saturated heterocycles. The summed E-state index contributed by atoms with van der Waals surface area (Å²) in [4.78, 5) is 11.8. The molecule has 3 aromatic carbocycles. The smallest absolute Gasteiger partial charge is 0.191 e. The molecule has 0 unspecified atom stereocenters. The van der Waals surface area contributed by atoms with E-state index in [0.29, 0.717) is 22.0 Å². The van der Waals surface area contributed by atoms with Crippen LogP contribution in [0.1, 0.15) is 37.6 Å². The largest absolute Gasteiger partial charge is 0.383 e. The molecule has 3 heterocycles. The van der Waals surface area contributed by atoms with Crippen molar-refractivity contribution in [2.75, 3.05) is 5.73 Å². The molecule has 0 radical (unpaired) electrons. The van der Waals surface area contributed by atoms with Gasteiger partial charge in [0.25, 0.3) is 0 Å². The highest BCUT2D eigenvalue weighted by Crippen LogP contribution is 2.55. The molecule has 0 spiro atoms. The van der Waals surface area contributed by atoms with E-state index in [2.05, 4.69) is 65.6 Å². The lowest BCUT2D eigenvalue weighted by molar-refractivity contribution is 0.626. The van der Waals surface area contributed by atoms with Gasteiger partial charge in [0.2, 0.25) is 0 Å². The second kappa shape index (κ2) is 9.64. The zero-order chi connectivity index (χ0) is 23.8. The number of nitrogens with two attached hydrogens (primary N) is 1. The van der Waals surface area contributed by atoms with Crippen molar-refractivity contribution >= 4 is 50.9 Å². The number of thioether (sulfide) groups is 2. The van der Waals surface area contributed by atoms with E-state index in [-0.39, 0.29) is 11.1 Å². The van der Waals surface area contributed by atoms with Crippen LogP contribution in [0.2, 0.25) is 0 Å². The normalized spacial score (nSPS) is 17.4. The van der Waals surface area contributed by atoms with Gasteiger partial charge in [0.05, 0.1) is 10.6 Å². The molecule has 174 valence electrons. The van der Waals surface area contributed by atoms with Gasteiger partial charge in [-0.1, -0.05) is 84.6 Å². The van der Waals surface area contributed by atoms with Gasteiger partial charge in [-0.25, -0.2) is 14.4 Å². The number of benzene rings is 3. The Hall–Kier alpha value is -2.87. The predicted molar refractivity (Wildman–Crippen MR) is 147 cm³/mol. The Balaban J connectivity index is 1.40. The Bertz CT molecular complexity index is 1490. The number of fused-ring (bicyclic) bond motifs is 3. The van der Waals surface area contributed by atoms with Gasteiger partial charge in [-0.2, -0.15) is 0 Å². The maximum atomic E-state index is 13.6. The lowest BCUT2D eigenvalue weighted by atomic mass is 9.98. The van der Waals surface area contributed by atoms with Gasteiger partial charge in [-0.05, 0) is 40.8 Å². The molecule has 1 aliphatic rings. The van der Waals surface area contributed by atoms with Crippen LogP contribution in [-0.2, 0) is 12.2 Å². The zero-order valence-corrected chi connectivity index (χ0v) is 21.2. The van der Waals surface area contributed by atoms with E-state index in [1.165, 1.54) is 39.4 Å². The van der Waals surface area contributed by atoms with Crippen LogP contribution >= 0.6 is 34.9 Å². The first-order chi connectivity index (χ1) is 17.2. The van der Waals surface area contributed by atoms with Gasteiger partial charge in [0.1, 0.15) is 16.5 Å². The van der Waals surface area contributed by atoms with Crippen molar-refractivity contribution in [1.29, 1.82) is 0 Å². The zero-order valence-electron chi connectivity index (χ0n) is 18.7. The van der Waals surface area contributed by atoms with Crippen LogP contribution in [0.15, 0.2) is 90.1 Å². The fourth-order valence-electron chi connectivity index (χ4n) is 4.52. The van der Waals surface area contributed by atoms with Gasteiger partial charge in [-0.3, -0.25) is 0 Å². The molecule has 0 fully saturated rings. The molecule has 5 aromatic rings. The van der Waals surface area contributed by atoms with E-state index in [4.69, 9.17) is 10.7 Å². The minimum atomic E-state index is -0.234. The van der Waals surface area contributed by atoms with Gasteiger partial charge in [0.15, 0.2) is 5.16 Å². The van der Waals surface area contributed by atoms with Gasteiger partial charge < -0.3 is 5.73 Å². The van der Waals surface area contributed by atoms with E-state index in [1.54, 1.807) is 23.5 Å². The number of aromatic nitrogens is 2. The molecule has 1 aliphatic heterocycles. The van der Waals surface area contributed by atoms with Gasteiger partial charge in [0, 0.05) is 15.9 Å². The third-order valence-electron chi connectivity index (χ3n) is 6.15. The summed E-state index contributed by atoms with van der Waals surface area (Å²) >= 11 is 5.21. The van der Waals surface area contributed by atoms with Crippen molar-refractivity contribution in [2.24, 2.45) is 0 Å². The van der Waals surface area contributed by atoms with Crippen molar-refractivity contribution in [2.45, 2.75) is 27.8 Å². The van der Waals surface area contributed by atoms with E-state index in [0.717, 1.165) is 22.2 Å². The molecule has 2 N–H and O–H groups in total. The summed E-state index contributed by atoms with van der Waals surface area (Å²) in [5.74, 6) is 0.883. The molecule has 7 heteroatoms. The molecule has 0 saturated carbocycles. The summed E-state index contributed by atoms with van der Waals surface area (Å²) in [5, 5.41) is 2.16. The first-order valence-electron chi connectivity index (χ1n) is 11.4. The minimum Gasteiger partial charge on any atom is -0.383 e. The molecule has 0 amide bonds. The number of hydrogen-bond acceptors (Lipinski definition) is 6. The maximum absolute atomic E-state index is 13.6. The topological polar surface area (TPSA) is 51.8 Å². The van der Waals surface area contributed by atoms with Crippen molar-refractivity contribution in [3.8, 4) is 0 Å². The van der Waals surface area contributed by atoms with E-state index in [9.17, 15) is 4.39 Å². The SMILES string of the molecule is Nc1nc(SCc2cccc(F)c2)nc2sc3c(c12)C[C@H](c1ccccc1)S[C@H]3c1ccccc1. The number of rotatable bonds is 5. The fraction of sp³-hybridized carbons (Fsp3) is 0.143. The number of nitrogen functional groups attached to an aromatic ring is 1. The Morgan fingerprint density at radius 2 is 1.66 bits per heavy atom. The minimum absolute atomic E-state index is 0.215. The molecule has 2 atom stereocenters. The Morgan fingerprint density at radius 1 is 0.914 bits per heavy atom. The standard InChI is InChI=1S/C28H22FN3S3/c29-20-13-7-8-17(14-20)16-33-28-31-26(30)23-21-15-22(18-9-3-1-4-10-18)34-24(19-11-5-2-6-12-19)25(21)35-27(23)32-28/h1-14,22,24H,15-16H2,(H2,30,31,32)/t22-,24+/m1/s1. The predicted octanol–water partition coefficient (Wildman–Crippen LogP) is 7.82. The summed E-state index contributed by atoms with van der Waals surface area (Å²) in [7, 11) is 0. The number of anilines is 1. The quantitative estimate of drug-likeness (QED) is 0.191. The molecule has 0 bridgehead atoms. The molecule has 6 rings (SSSR count). The Morgan fingerprint density at radius 3 is 2.40 bits per heavy atom. The number of nitrogens with zero attached hydrogens (tertiary/aromatic N) is 2. The molecule has 2 aromatic heterocycles. The van der Waals surface area contributed by atoms with E-state index < -0.39 is 0 Å². The molecule has 35 heavy (non-hydrogen) atoms. The Labute approximate surface area is 216 Å². The monoisotopic (exact) mass is 515 g/mol. The highest BCUT2D eigenvalue weighted by atomic mass is 32.2. The van der Waals surface area contributed by atoms with Crippen LogP contribution < -0.4 is 5.73 Å². The van der Waals surface area contributed by atoms with Crippen molar-refractivity contribution in [1.82, 2.24) is 9.97 Å². The van der Waals surface area contributed by atoms with Crippen LogP contribution in [0.5, 0.6) is 0 Å². The number of hydrogen-bond donors (Lipinski definition) is 1. The molecule has 3 nitrogen and oxygen atoms in total. The average Bonchev–Trinajstić information content (AvgIpc) is 3.27. The summed E-state index contributed by atoms with van der Waals surface area (Å²) in [6, 6.07) is 28.0. The maximum Gasteiger partial charge on any atom is 0.191 e. The second-order valence-corrected chi connectivity index (χ2v) is 11.8. The van der Waals surface area contributed by atoms with Crippen LogP contribution in [0.4, 0.5) is 10.2 Å². The lowest BCUT2D eigenvalue weighted by Crippen LogP contribution is -2.12. The second-order valence-electron chi connectivity index (χ2n) is 8.47. The van der Waals surface area contributed by atoms with Crippen LogP contribution in [0.25, 0.3) is 10.2 Å². The average molecular weight is 516 g/mol. The third kappa shape index (κ3) is 4.56. The van der Waals surface area contributed by atoms with Crippen LogP contribution in [0.3, 0.4) is 0 Å².